The van der Waals surface area contributed by atoms with Gasteiger partial charge in [-0.2, -0.15) is 0 Å². The first-order valence-electron chi connectivity index (χ1n) is 9.71. The molecular formula is C22H21N3O3. The Hall–Kier alpha value is -3.15. The molecule has 2 aromatic carbocycles. The molecule has 0 bridgehead atoms. The molecular weight excluding hydrogens is 354 g/mol. The van der Waals surface area contributed by atoms with Crippen LogP contribution in [0.15, 0.2) is 42.5 Å². The van der Waals surface area contributed by atoms with E-state index in [0.717, 1.165) is 25.8 Å². The van der Waals surface area contributed by atoms with E-state index in [1.54, 1.807) is 12.1 Å². The lowest BCUT2D eigenvalue weighted by atomic mass is 9.89. The number of benzene rings is 2. The summed E-state index contributed by atoms with van der Waals surface area (Å²) in [5.41, 5.74) is 5.71. The van der Waals surface area contributed by atoms with Crippen molar-refractivity contribution in [1.29, 1.82) is 0 Å². The molecule has 1 unspecified atom stereocenters. The molecule has 142 valence electrons. The first-order valence-corrected chi connectivity index (χ1v) is 9.71. The lowest BCUT2D eigenvalue weighted by Crippen LogP contribution is -2.43. The highest BCUT2D eigenvalue weighted by Crippen LogP contribution is 2.43. The number of non-ortho nitro benzene ring substituents is 1. The van der Waals surface area contributed by atoms with Crippen molar-refractivity contribution in [2.24, 2.45) is 0 Å². The first-order chi connectivity index (χ1) is 13.5. The highest BCUT2D eigenvalue weighted by molar-refractivity contribution is 5.95. The van der Waals surface area contributed by atoms with Gasteiger partial charge in [0.1, 0.15) is 0 Å². The van der Waals surface area contributed by atoms with Crippen molar-refractivity contribution in [3.63, 3.8) is 0 Å². The number of nitro groups is 1. The number of hydrogen-bond acceptors (Lipinski definition) is 3. The molecule has 28 heavy (non-hydrogen) atoms. The van der Waals surface area contributed by atoms with Crippen molar-refractivity contribution in [3.8, 4) is 0 Å². The van der Waals surface area contributed by atoms with Crippen LogP contribution in [0.1, 0.15) is 46.1 Å². The highest BCUT2D eigenvalue weighted by Gasteiger charge is 2.37. The molecule has 2 heterocycles. The van der Waals surface area contributed by atoms with E-state index in [2.05, 4.69) is 29.7 Å². The van der Waals surface area contributed by atoms with Gasteiger partial charge in [0.2, 0.25) is 0 Å². The van der Waals surface area contributed by atoms with Gasteiger partial charge in [0.25, 0.3) is 11.6 Å². The number of fused-ring (bicyclic) bond motifs is 3. The van der Waals surface area contributed by atoms with E-state index < -0.39 is 4.92 Å². The monoisotopic (exact) mass is 375 g/mol. The van der Waals surface area contributed by atoms with E-state index in [4.69, 9.17) is 0 Å². The van der Waals surface area contributed by atoms with Crippen LogP contribution < -0.4 is 0 Å². The minimum absolute atomic E-state index is 0.00522. The van der Waals surface area contributed by atoms with Crippen LogP contribution in [-0.2, 0) is 13.0 Å². The van der Waals surface area contributed by atoms with Crippen molar-refractivity contribution < 1.29 is 9.72 Å². The molecule has 1 amide bonds. The molecule has 0 saturated carbocycles. The Morgan fingerprint density at radius 2 is 1.93 bits per heavy atom. The Bertz CT molecular complexity index is 1110. The molecule has 0 radical (unpaired) electrons. The molecule has 0 saturated heterocycles. The third-order valence-corrected chi connectivity index (χ3v) is 6.11. The second-order valence-corrected chi connectivity index (χ2v) is 7.75. The lowest BCUT2D eigenvalue weighted by molar-refractivity contribution is -0.384. The average molecular weight is 375 g/mol. The summed E-state index contributed by atoms with van der Waals surface area (Å²) < 4.78 is 2.40. The predicted molar refractivity (Wildman–Crippen MR) is 106 cm³/mol. The van der Waals surface area contributed by atoms with Gasteiger partial charge in [-0.05, 0) is 56.0 Å². The molecule has 0 N–H and O–H groups in total. The van der Waals surface area contributed by atoms with Crippen molar-refractivity contribution in [2.75, 3.05) is 6.54 Å². The molecule has 1 aromatic heterocycles. The number of amides is 1. The number of carbonyl (C=O) groups is 1. The minimum atomic E-state index is -0.441. The Morgan fingerprint density at radius 3 is 2.68 bits per heavy atom. The van der Waals surface area contributed by atoms with Gasteiger partial charge in [-0.3, -0.25) is 14.9 Å². The number of nitro benzene ring substituents is 1. The van der Waals surface area contributed by atoms with E-state index in [0.29, 0.717) is 12.1 Å². The lowest BCUT2D eigenvalue weighted by Gasteiger charge is -2.40. The van der Waals surface area contributed by atoms with E-state index in [1.165, 1.54) is 39.9 Å². The highest BCUT2D eigenvalue weighted by atomic mass is 16.6. The van der Waals surface area contributed by atoms with Crippen LogP contribution >= 0.6 is 0 Å². The maximum Gasteiger partial charge on any atom is 0.269 e. The van der Waals surface area contributed by atoms with E-state index in [9.17, 15) is 14.9 Å². The number of nitrogens with zero attached hydrogens (tertiary/aromatic N) is 3. The summed E-state index contributed by atoms with van der Waals surface area (Å²) in [5, 5.41) is 12.2. The van der Waals surface area contributed by atoms with Crippen LogP contribution in [0.4, 0.5) is 5.69 Å². The maximum atomic E-state index is 13.2. The molecule has 5 rings (SSSR count). The second kappa shape index (κ2) is 6.19. The zero-order chi connectivity index (χ0) is 19.4. The number of carbonyl (C=O) groups excluding carboxylic acids is 1. The summed E-state index contributed by atoms with van der Waals surface area (Å²) in [6, 6.07) is 12.6. The molecule has 6 heteroatoms. The Morgan fingerprint density at radius 1 is 1.14 bits per heavy atom. The molecule has 0 spiro atoms. The van der Waals surface area contributed by atoms with E-state index >= 15 is 0 Å². The number of rotatable bonds is 2. The Labute approximate surface area is 162 Å². The van der Waals surface area contributed by atoms with Crippen molar-refractivity contribution in [2.45, 2.75) is 38.8 Å². The van der Waals surface area contributed by atoms with Crippen LogP contribution in [-0.4, -0.2) is 26.8 Å². The van der Waals surface area contributed by atoms with Crippen LogP contribution in [0.25, 0.3) is 10.9 Å². The fourth-order valence-electron chi connectivity index (χ4n) is 4.85. The van der Waals surface area contributed by atoms with Gasteiger partial charge < -0.3 is 9.47 Å². The van der Waals surface area contributed by atoms with Crippen molar-refractivity contribution >= 4 is 22.5 Å². The van der Waals surface area contributed by atoms with Gasteiger partial charge in [-0.1, -0.05) is 11.6 Å². The van der Waals surface area contributed by atoms with Gasteiger partial charge in [-0.25, -0.2) is 0 Å². The second-order valence-electron chi connectivity index (χ2n) is 7.75. The van der Waals surface area contributed by atoms with Crippen molar-refractivity contribution in [1.82, 2.24) is 9.47 Å². The van der Waals surface area contributed by atoms with Gasteiger partial charge in [-0.15, -0.1) is 0 Å². The zero-order valence-electron chi connectivity index (χ0n) is 15.7. The number of aryl methyl sites for hydroxylation is 2. The molecule has 2 aliphatic rings. The van der Waals surface area contributed by atoms with Gasteiger partial charge in [0.05, 0.1) is 11.0 Å². The SMILES string of the molecule is Cc1ccc2c(c1)c1c3n2CCN(C(=O)c2ccc([N+](=O)[O-])cc2)C3CCC1. The van der Waals surface area contributed by atoms with Crippen LogP contribution in [0.3, 0.4) is 0 Å². The smallest absolute Gasteiger partial charge is 0.269 e. The standard InChI is InChI=1S/C22H21N3O3/c1-14-5-10-19-18(13-14)17-3-2-4-20-21(17)23(19)11-12-24(20)22(26)15-6-8-16(9-7-15)25(27)28/h5-10,13,20H,2-4,11-12H2,1H3. The topological polar surface area (TPSA) is 68.4 Å². The third-order valence-electron chi connectivity index (χ3n) is 6.11. The average Bonchev–Trinajstić information content (AvgIpc) is 3.03. The van der Waals surface area contributed by atoms with Gasteiger partial charge >= 0.3 is 0 Å². The summed E-state index contributed by atoms with van der Waals surface area (Å²) in [6.45, 7) is 3.56. The summed E-state index contributed by atoms with van der Waals surface area (Å²) >= 11 is 0. The largest absolute Gasteiger partial charge is 0.341 e. The zero-order valence-corrected chi connectivity index (χ0v) is 15.7. The van der Waals surface area contributed by atoms with E-state index in [-0.39, 0.29) is 17.6 Å². The molecule has 1 aliphatic heterocycles. The predicted octanol–water partition coefficient (Wildman–Crippen LogP) is 4.39. The van der Waals surface area contributed by atoms with E-state index in [1.807, 2.05) is 4.90 Å². The Balaban J connectivity index is 1.55. The molecule has 6 nitrogen and oxygen atoms in total. The van der Waals surface area contributed by atoms with Crippen LogP contribution in [0, 0.1) is 17.0 Å². The summed E-state index contributed by atoms with van der Waals surface area (Å²) in [4.78, 5) is 25.6. The fourth-order valence-corrected chi connectivity index (χ4v) is 4.85. The quantitative estimate of drug-likeness (QED) is 0.493. The first kappa shape index (κ1) is 17.0. The normalized spacial score (nSPS) is 18.2. The Kier molecular flexibility index (Phi) is 3.75. The van der Waals surface area contributed by atoms with Gasteiger partial charge in [0.15, 0.2) is 0 Å². The molecule has 3 aromatic rings. The minimum Gasteiger partial charge on any atom is -0.341 e. The number of hydrogen-bond donors (Lipinski definition) is 0. The van der Waals surface area contributed by atoms with Gasteiger partial charge in [0, 0.05) is 47.4 Å². The summed E-state index contributed by atoms with van der Waals surface area (Å²) in [7, 11) is 0. The van der Waals surface area contributed by atoms with Crippen LogP contribution in [0.5, 0.6) is 0 Å². The number of aromatic nitrogens is 1. The molecule has 1 atom stereocenters. The molecule has 1 aliphatic carbocycles. The summed E-state index contributed by atoms with van der Waals surface area (Å²) in [5.74, 6) is -0.0413. The summed E-state index contributed by atoms with van der Waals surface area (Å²) in [6.07, 6.45) is 3.08. The van der Waals surface area contributed by atoms with Crippen molar-refractivity contribution in [3.05, 3.63) is 75.0 Å². The van der Waals surface area contributed by atoms with Crippen LogP contribution in [0.2, 0.25) is 0 Å². The maximum absolute atomic E-state index is 13.2. The third kappa shape index (κ3) is 2.44. The fraction of sp³-hybridized carbons (Fsp3) is 0.318. The molecule has 0 fully saturated rings.